The van der Waals surface area contributed by atoms with E-state index in [0.29, 0.717) is 12.5 Å². The van der Waals surface area contributed by atoms with Gasteiger partial charge in [0.2, 0.25) is 0 Å². The van der Waals surface area contributed by atoms with Crippen molar-refractivity contribution < 1.29 is 19.1 Å². The van der Waals surface area contributed by atoms with Gasteiger partial charge < -0.3 is 9.47 Å². The Kier molecular flexibility index (Phi) is 16.4. The van der Waals surface area contributed by atoms with E-state index >= 15 is 0 Å². The maximum absolute atomic E-state index is 12.5. The summed E-state index contributed by atoms with van der Waals surface area (Å²) in [6.45, 7) is 8.72. The first kappa shape index (κ1) is 29.2. The summed E-state index contributed by atoms with van der Waals surface area (Å²) in [5.41, 5.74) is 0.567. The molecular weight excluding hydrogens is 412 g/mol. The molecule has 0 heterocycles. The zero-order valence-electron chi connectivity index (χ0n) is 21.7. The molecule has 1 atom stereocenters. The summed E-state index contributed by atoms with van der Waals surface area (Å²) >= 11 is 0. The molecule has 4 heteroatoms. The number of unbranched alkanes of at least 4 members (excludes halogenated alkanes) is 12. The molecule has 0 spiro atoms. The maximum atomic E-state index is 12.5. The first-order valence-corrected chi connectivity index (χ1v) is 13.4. The fourth-order valence-corrected chi connectivity index (χ4v) is 4.16. The lowest BCUT2D eigenvalue weighted by Gasteiger charge is -2.16. The maximum Gasteiger partial charge on any atom is 0.339 e. The van der Waals surface area contributed by atoms with Crippen LogP contribution in [0.1, 0.15) is 138 Å². The average molecular weight is 461 g/mol. The summed E-state index contributed by atoms with van der Waals surface area (Å²) in [5.74, 6) is -0.469. The van der Waals surface area contributed by atoms with Crippen LogP contribution in [-0.2, 0) is 9.47 Å². The molecule has 0 N–H and O–H groups in total. The van der Waals surface area contributed by atoms with Crippen molar-refractivity contribution in [2.75, 3.05) is 6.61 Å². The first-order chi connectivity index (χ1) is 16.0. The van der Waals surface area contributed by atoms with E-state index in [0.717, 1.165) is 19.3 Å². The summed E-state index contributed by atoms with van der Waals surface area (Å²) < 4.78 is 11.0. The lowest BCUT2D eigenvalue weighted by molar-refractivity contribution is 0.0288. The number of rotatable bonds is 19. The highest BCUT2D eigenvalue weighted by molar-refractivity contribution is 6.03. The second kappa shape index (κ2) is 18.6. The molecule has 0 aliphatic rings. The number of carbonyl (C=O) groups excluding carboxylic acids is 2. The predicted octanol–water partition coefficient (Wildman–Crippen LogP) is 8.53. The topological polar surface area (TPSA) is 52.6 Å². The molecule has 0 saturated carbocycles. The normalized spacial score (nSPS) is 12.0. The Morgan fingerprint density at radius 2 is 1.15 bits per heavy atom. The monoisotopic (exact) mass is 460 g/mol. The van der Waals surface area contributed by atoms with Gasteiger partial charge >= 0.3 is 11.9 Å². The smallest absolute Gasteiger partial charge is 0.339 e. The Bertz CT molecular complexity index is 653. The first-order valence-electron chi connectivity index (χ1n) is 13.4. The third kappa shape index (κ3) is 14.1. The number of hydrogen-bond acceptors (Lipinski definition) is 4. The van der Waals surface area contributed by atoms with Gasteiger partial charge in [-0.15, -0.1) is 0 Å². The third-order valence-electron chi connectivity index (χ3n) is 5.96. The molecule has 1 aromatic carbocycles. The van der Waals surface area contributed by atoms with Crippen LogP contribution in [0.3, 0.4) is 0 Å². The molecule has 0 saturated heterocycles. The molecule has 188 valence electrons. The van der Waals surface area contributed by atoms with Crippen molar-refractivity contribution in [1.82, 2.24) is 0 Å². The van der Waals surface area contributed by atoms with Crippen LogP contribution in [0.2, 0.25) is 0 Å². The van der Waals surface area contributed by atoms with Crippen molar-refractivity contribution in [1.29, 1.82) is 0 Å². The zero-order valence-corrected chi connectivity index (χ0v) is 21.7. The minimum Gasteiger partial charge on any atom is -0.462 e. The summed E-state index contributed by atoms with van der Waals surface area (Å²) in [6, 6.07) is 6.76. The quantitative estimate of drug-likeness (QED) is 0.153. The molecule has 0 radical (unpaired) electrons. The number of carbonyl (C=O) groups is 2. The minimum atomic E-state index is -0.461. The molecule has 0 aliphatic carbocycles. The fourth-order valence-electron chi connectivity index (χ4n) is 4.16. The lowest BCUT2D eigenvalue weighted by Crippen LogP contribution is -2.20. The molecule has 0 aromatic heterocycles. The van der Waals surface area contributed by atoms with Crippen LogP contribution in [0.25, 0.3) is 0 Å². The van der Waals surface area contributed by atoms with E-state index in [9.17, 15) is 9.59 Å². The van der Waals surface area contributed by atoms with Crippen molar-refractivity contribution in [2.45, 2.75) is 124 Å². The average Bonchev–Trinajstić information content (AvgIpc) is 2.78. The van der Waals surface area contributed by atoms with E-state index in [2.05, 4.69) is 20.8 Å². The molecule has 33 heavy (non-hydrogen) atoms. The van der Waals surface area contributed by atoms with Crippen LogP contribution < -0.4 is 0 Å². The molecular formula is C29H48O4. The Labute approximate surface area is 202 Å². The van der Waals surface area contributed by atoms with Gasteiger partial charge in [-0.25, -0.2) is 9.59 Å². The SMILES string of the molecule is CCCCCCCCCCCCCCCOC(=O)c1ccccc1C(=O)OC(C)CC(C)C. The van der Waals surface area contributed by atoms with Crippen LogP contribution >= 0.6 is 0 Å². The van der Waals surface area contributed by atoms with Gasteiger partial charge in [0.15, 0.2) is 0 Å². The zero-order chi connectivity index (χ0) is 24.3. The summed E-state index contributed by atoms with van der Waals surface area (Å²) in [6.07, 6.45) is 17.2. The Hall–Kier alpha value is -1.84. The summed E-state index contributed by atoms with van der Waals surface area (Å²) in [7, 11) is 0. The number of esters is 2. The molecule has 0 aliphatic heterocycles. The fraction of sp³-hybridized carbons (Fsp3) is 0.724. The van der Waals surface area contributed by atoms with Crippen LogP contribution in [0.5, 0.6) is 0 Å². The van der Waals surface area contributed by atoms with E-state index in [1.165, 1.54) is 70.6 Å². The highest BCUT2D eigenvalue weighted by Crippen LogP contribution is 2.16. The molecule has 1 rings (SSSR count). The second-order valence-corrected chi connectivity index (χ2v) is 9.77. The Morgan fingerprint density at radius 1 is 0.697 bits per heavy atom. The molecule has 1 unspecified atom stereocenters. The van der Waals surface area contributed by atoms with Crippen LogP contribution in [0.15, 0.2) is 24.3 Å². The number of ether oxygens (including phenoxy) is 2. The van der Waals surface area contributed by atoms with E-state index < -0.39 is 11.9 Å². The molecule has 0 bridgehead atoms. The van der Waals surface area contributed by atoms with Crippen molar-refractivity contribution in [2.24, 2.45) is 5.92 Å². The van der Waals surface area contributed by atoms with Gasteiger partial charge in [0.1, 0.15) is 0 Å². The van der Waals surface area contributed by atoms with Gasteiger partial charge in [-0.05, 0) is 37.8 Å². The molecule has 4 nitrogen and oxygen atoms in total. The van der Waals surface area contributed by atoms with Gasteiger partial charge in [-0.2, -0.15) is 0 Å². The van der Waals surface area contributed by atoms with E-state index in [1.807, 2.05) is 6.92 Å². The van der Waals surface area contributed by atoms with Gasteiger partial charge in [0.05, 0.1) is 23.8 Å². The standard InChI is InChI=1S/C29H48O4/c1-5-6-7-8-9-10-11-12-13-14-15-16-19-22-32-28(30)26-20-17-18-21-27(26)29(31)33-25(4)23-24(2)3/h17-18,20-21,24-25H,5-16,19,22-23H2,1-4H3. The van der Waals surface area contributed by atoms with Crippen LogP contribution in [0.4, 0.5) is 0 Å². The van der Waals surface area contributed by atoms with E-state index in [-0.39, 0.29) is 17.2 Å². The Balaban J connectivity index is 2.19. The minimum absolute atomic E-state index is 0.188. The van der Waals surface area contributed by atoms with E-state index in [4.69, 9.17) is 9.47 Å². The summed E-state index contributed by atoms with van der Waals surface area (Å²) in [4.78, 5) is 25.1. The lowest BCUT2D eigenvalue weighted by atomic mass is 10.0. The Morgan fingerprint density at radius 3 is 1.64 bits per heavy atom. The molecule has 0 amide bonds. The second-order valence-electron chi connectivity index (χ2n) is 9.77. The summed E-state index contributed by atoms with van der Waals surface area (Å²) in [5, 5.41) is 0. The molecule has 0 fully saturated rings. The van der Waals surface area contributed by atoms with Gasteiger partial charge in [-0.3, -0.25) is 0 Å². The van der Waals surface area contributed by atoms with Crippen LogP contribution in [0, 0.1) is 5.92 Å². The highest BCUT2D eigenvalue weighted by Gasteiger charge is 2.21. The predicted molar refractivity (Wildman–Crippen MR) is 137 cm³/mol. The molecule has 1 aromatic rings. The van der Waals surface area contributed by atoms with Crippen molar-refractivity contribution in [3.8, 4) is 0 Å². The van der Waals surface area contributed by atoms with Crippen molar-refractivity contribution in [3.63, 3.8) is 0 Å². The van der Waals surface area contributed by atoms with Crippen molar-refractivity contribution >= 4 is 11.9 Å². The van der Waals surface area contributed by atoms with Gasteiger partial charge in [-0.1, -0.05) is 110 Å². The van der Waals surface area contributed by atoms with Gasteiger partial charge in [0, 0.05) is 0 Å². The third-order valence-corrected chi connectivity index (χ3v) is 5.96. The van der Waals surface area contributed by atoms with Crippen molar-refractivity contribution in [3.05, 3.63) is 35.4 Å². The van der Waals surface area contributed by atoms with Crippen LogP contribution in [-0.4, -0.2) is 24.6 Å². The van der Waals surface area contributed by atoms with Gasteiger partial charge in [0.25, 0.3) is 0 Å². The highest BCUT2D eigenvalue weighted by atomic mass is 16.5. The largest absolute Gasteiger partial charge is 0.462 e. The van der Waals surface area contributed by atoms with E-state index in [1.54, 1.807) is 24.3 Å². The number of benzene rings is 1. The number of hydrogen-bond donors (Lipinski definition) is 0.